The van der Waals surface area contributed by atoms with Crippen molar-refractivity contribution in [1.29, 1.82) is 0 Å². The van der Waals surface area contributed by atoms with Crippen molar-refractivity contribution in [3.8, 4) is 5.75 Å². The summed E-state index contributed by atoms with van der Waals surface area (Å²) in [5.74, 6) is -0.937. The number of ether oxygens (including phenoxy) is 1. The standard InChI is InChI=1S/C25H17FI2N2O4S/c26-17-2-1-3-19(12-17)29-23(31)13-30-24(32)22(35-25(30)33)11-16-6-9-21(20(28)10-16)34-14-15-4-7-18(27)8-5-15/h1-12H,13-14H2,(H,29,31)/b22-11+. The Labute approximate surface area is 232 Å². The fraction of sp³-hybridized carbons (Fsp3) is 0.0800. The Kier molecular flexibility index (Phi) is 8.44. The van der Waals surface area contributed by atoms with Crippen molar-refractivity contribution >= 4 is 85.8 Å². The normalized spacial score (nSPS) is 14.5. The molecule has 0 aliphatic carbocycles. The summed E-state index contributed by atoms with van der Waals surface area (Å²) in [5, 5.41) is 1.95. The fourth-order valence-electron chi connectivity index (χ4n) is 3.16. The van der Waals surface area contributed by atoms with Crippen LogP contribution >= 0.6 is 56.9 Å². The SMILES string of the molecule is O=C(CN1C(=O)S/C(=C/c2ccc(OCc3ccc(I)cc3)c(I)c2)C1=O)Nc1cccc(F)c1. The van der Waals surface area contributed by atoms with E-state index in [0.29, 0.717) is 12.4 Å². The van der Waals surface area contributed by atoms with Crippen LogP contribution in [0.4, 0.5) is 14.9 Å². The van der Waals surface area contributed by atoms with E-state index in [1.807, 2.05) is 36.4 Å². The van der Waals surface area contributed by atoms with E-state index in [2.05, 4.69) is 50.5 Å². The lowest BCUT2D eigenvalue weighted by molar-refractivity contribution is -0.127. The average molecular weight is 714 g/mol. The summed E-state index contributed by atoms with van der Waals surface area (Å²) in [6.07, 6.45) is 1.61. The van der Waals surface area contributed by atoms with Gasteiger partial charge in [-0.05, 0) is 117 Å². The zero-order chi connectivity index (χ0) is 24.9. The molecule has 1 saturated heterocycles. The number of benzene rings is 3. The lowest BCUT2D eigenvalue weighted by atomic mass is 10.2. The molecule has 1 N–H and O–H groups in total. The fourth-order valence-corrected chi connectivity index (χ4v) is 5.06. The van der Waals surface area contributed by atoms with Crippen LogP contribution in [0.2, 0.25) is 0 Å². The van der Waals surface area contributed by atoms with Gasteiger partial charge in [0.15, 0.2) is 0 Å². The van der Waals surface area contributed by atoms with E-state index < -0.39 is 29.4 Å². The van der Waals surface area contributed by atoms with Gasteiger partial charge >= 0.3 is 0 Å². The van der Waals surface area contributed by atoms with E-state index in [0.717, 1.165) is 41.0 Å². The second-order valence-corrected chi connectivity index (χ2v) is 10.8. The van der Waals surface area contributed by atoms with Crippen LogP contribution in [0.25, 0.3) is 6.08 Å². The molecular weight excluding hydrogens is 697 g/mol. The Morgan fingerprint density at radius 1 is 1.06 bits per heavy atom. The number of amides is 3. The first-order valence-corrected chi connectivity index (χ1v) is 13.2. The smallest absolute Gasteiger partial charge is 0.294 e. The molecule has 0 atom stereocenters. The van der Waals surface area contributed by atoms with Crippen LogP contribution in [0, 0.1) is 13.0 Å². The number of nitrogens with zero attached hydrogens (tertiary/aromatic N) is 1. The first-order chi connectivity index (χ1) is 16.8. The molecule has 1 fully saturated rings. The molecule has 6 nitrogen and oxygen atoms in total. The predicted molar refractivity (Wildman–Crippen MR) is 150 cm³/mol. The Bertz CT molecular complexity index is 1330. The van der Waals surface area contributed by atoms with Crippen LogP contribution in [-0.4, -0.2) is 28.5 Å². The maximum atomic E-state index is 13.3. The third-order valence-corrected chi connectivity index (χ3v) is 7.31. The Balaban J connectivity index is 1.39. The average Bonchev–Trinajstić information content (AvgIpc) is 3.07. The van der Waals surface area contributed by atoms with Crippen LogP contribution in [0.1, 0.15) is 11.1 Å². The molecular formula is C25H17FI2N2O4S. The Hall–Kier alpha value is -2.45. The van der Waals surface area contributed by atoms with Crippen molar-refractivity contribution in [3.05, 3.63) is 95.7 Å². The highest BCUT2D eigenvalue weighted by Crippen LogP contribution is 2.33. The second-order valence-electron chi connectivity index (χ2n) is 7.43. The summed E-state index contributed by atoms with van der Waals surface area (Å²) in [4.78, 5) is 38.5. The maximum absolute atomic E-state index is 13.3. The highest BCUT2D eigenvalue weighted by Gasteiger charge is 2.36. The number of nitrogens with one attached hydrogen (secondary N) is 1. The first-order valence-electron chi connectivity index (χ1n) is 10.3. The number of imide groups is 1. The third kappa shape index (κ3) is 6.82. The molecule has 3 aromatic rings. The van der Waals surface area contributed by atoms with Gasteiger partial charge in [-0.2, -0.15) is 0 Å². The number of thioether (sulfide) groups is 1. The van der Waals surface area contributed by atoms with Gasteiger partial charge in [-0.1, -0.05) is 24.3 Å². The second kappa shape index (κ2) is 11.5. The number of carbonyl (C=O) groups excluding carboxylic acids is 3. The summed E-state index contributed by atoms with van der Waals surface area (Å²) in [5.41, 5.74) is 2.03. The van der Waals surface area contributed by atoms with Crippen molar-refractivity contribution in [2.75, 3.05) is 11.9 Å². The Morgan fingerprint density at radius 2 is 1.83 bits per heavy atom. The molecule has 178 valence electrons. The van der Waals surface area contributed by atoms with Crippen LogP contribution < -0.4 is 10.1 Å². The lowest BCUT2D eigenvalue weighted by Crippen LogP contribution is -2.36. The number of rotatable bonds is 7. The summed E-state index contributed by atoms with van der Waals surface area (Å²) >= 11 is 5.18. The molecule has 4 rings (SSSR count). The van der Waals surface area contributed by atoms with Gasteiger partial charge in [-0.25, -0.2) is 4.39 Å². The van der Waals surface area contributed by atoms with Gasteiger partial charge in [0, 0.05) is 9.26 Å². The molecule has 1 aliphatic rings. The number of anilines is 1. The van der Waals surface area contributed by atoms with Crippen LogP contribution in [0.15, 0.2) is 71.6 Å². The topological polar surface area (TPSA) is 75.7 Å². The summed E-state index contributed by atoms with van der Waals surface area (Å²) in [6.45, 7) is -0.0236. The quantitative estimate of drug-likeness (QED) is 0.230. The van der Waals surface area contributed by atoms with Gasteiger partial charge in [0.25, 0.3) is 11.1 Å². The minimum absolute atomic E-state index is 0.219. The minimum atomic E-state index is -0.594. The summed E-state index contributed by atoms with van der Waals surface area (Å²) < 4.78 is 21.2. The molecule has 0 unspecified atom stereocenters. The zero-order valence-corrected chi connectivity index (χ0v) is 23.1. The molecule has 0 radical (unpaired) electrons. The molecule has 10 heteroatoms. The number of carbonyl (C=O) groups is 3. The Morgan fingerprint density at radius 3 is 2.54 bits per heavy atom. The largest absolute Gasteiger partial charge is 0.488 e. The molecule has 0 aromatic heterocycles. The lowest BCUT2D eigenvalue weighted by Gasteiger charge is -2.12. The number of hydrogen-bond acceptors (Lipinski definition) is 5. The third-order valence-electron chi connectivity index (χ3n) is 4.84. The number of halogens is 3. The molecule has 1 heterocycles. The molecule has 0 spiro atoms. The molecule has 1 aliphatic heterocycles. The predicted octanol–water partition coefficient (Wildman–Crippen LogP) is 6.29. The molecule has 0 saturated carbocycles. The highest BCUT2D eigenvalue weighted by molar-refractivity contribution is 14.1. The van der Waals surface area contributed by atoms with Gasteiger partial charge < -0.3 is 10.1 Å². The van der Waals surface area contributed by atoms with Crippen molar-refractivity contribution in [1.82, 2.24) is 4.90 Å². The van der Waals surface area contributed by atoms with Gasteiger partial charge in [0.05, 0.1) is 8.48 Å². The molecule has 3 amide bonds. The molecule has 3 aromatic carbocycles. The van der Waals surface area contributed by atoms with Crippen molar-refractivity contribution in [2.45, 2.75) is 6.61 Å². The van der Waals surface area contributed by atoms with Gasteiger partial charge in [-0.15, -0.1) is 0 Å². The van der Waals surface area contributed by atoms with Crippen molar-refractivity contribution < 1.29 is 23.5 Å². The summed E-state index contributed by atoms with van der Waals surface area (Å²) in [7, 11) is 0. The van der Waals surface area contributed by atoms with E-state index in [1.54, 1.807) is 12.1 Å². The number of hydrogen-bond donors (Lipinski definition) is 1. The van der Waals surface area contributed by atoms with Crippen LogP contribution in [-0.2, 0) is 16.2 Å². The van der Waals surface area contributed by atoms with E-state index in [4.69, 9.17) is 4.74 Å². The summed E-state index contributed by atoms with van der Waals surface area (Å²) in [6, 6.07) is 18.9. The maximum Gasteiger partial charge on any atom is 0.294 e. The van der Waals surface area contributed by atoms with Gasteiger partial charge in [0.2, 0.25) is 5.91 Å². The van der Waals surface area contributed by atoms with Gasteiger partial charge in [-0.3, -0.25) is 19.3 Å². The van der Waals surface area contributed by atoms with E-state index >= 15 is 0 Å². The first kappa shape index (κ1) is 25.6. The minimum Gasteiger partial charge on any atom is -0.488 e. The van der Waals surface area contributed by atoms with Crippen molar-refractivity contribution in [3.63, 3.8) is 0 Å². The molecule has 35 heavy (non-hydrogen) atoms. The van der Waals surface area contributed by atoms with Crippen LogP contribution in [0.3, 0.4) is 0 Å². The van der Waals surface area contributed by atoms with Crippen molar-refractivity contribution in [2.24, 2.45) is 0 Å². The van der Waals surface area contributed by atoms with E-state index in [1.165, 1.54) is 18.2 Å². The molecule has 0 bridgehead atoms. The van der Waals surface area contributed by atoms with Gasteiger partial charge in [0.1, 0.15) is 24.7 Å². The zero-order valence-electron chi connectivity index (χ0n) is 18.0. The van der Waals surface area contributed by atoms with E-state index in [-0.39, 0.29) is 10.6 Å². The highest BCUT2D eigenvalue weighted by atomic mass is 127. The monoisotopic (exact) mass is 714 g/mol. The van der Waals surface area contributed by atoms with Crippen LogP contribution in [0.5, 0.6) is 5.75 Å². The van der Waals surface area contributed by atoms with E-state index in [9.17, 15) is 18.8 Å².